The summed E-state index contributed by atoms with van der Waals surface area (Å²) >= 11 is 3.49. The molecule has 0 spiro atoms. The van der Waals surface area contributed by atoms with Crippen LogP contribution in [0.5, 0.6) is 0 Å². The average molecular weight is 286 g/mol. The maximum Gasteiger partial charge on any atom is 0.0619 e. The highest BCUT2D eigenvalue weighted by atomic mass is 79.9. The monoisotopic (exact) mass is 285 g/mol. The van der Waals surface area contributed by atoms with E-state index in [4.69, 9.17) is 4.74 Å². The molecule has 1 unspecified atom stereocenters. The largest absolute Gasteiger partial charge is 0.383 e. The molecule has 1 atom stereocenters. The molecule has 0 radical (unpaired) electrons. The van der Waals surface area contributed by atoms with Crippen LogP contribution < -0.4 is 5.32 Å². The Kier molecular flexibility index (Phi) is 6.69. The molecule has 2 nitrogen and oxygen atoms in total. The van der Waals surface area contributed by atoms with Crippen molar-refractivity contribution in [3.8, 4) is 0 Å². The number of halogens is 1. The lowest BCUT2D eigenvalue weighted by molar-refractivity contribution is 0.166. The summed E-state index contributed by atoms with van der Waals surface area (Å²) in [5.41, 5.74) is 1.33. The molecule has 0 bridgehead atoms. The van der Waals surface area contributed by atoms with Gasteiger partial charge in [-0.3, -0.25) is 0 Å². The van der Waals surface area contributed by atoms with E-state index in [1.807, 2.05) is 6.07 Å². The van der Waals surface area contributed by atoms with E-state index in [0.717, 1.165) is 30.5 Å². The van der Waals surface area contributed by atoms with Crippen molar-refractivity contribution in [3.63, 3.8) is 0 Å². The van der Waals surface area contributed by atoms with Crippen molar-refractivity contribution in [2.75, 3.05) is 20.3 Å². The Bertz CT molecular complexity index is 304. The predicted octanol–water partition coefficient (Wildman–Crippen LogP) is 3.01. The van der Waals surface area contributed by atoms with E-state index in [1.165, 1.54) is 5.56 Å². The summed E-state index contributed by atoms with van der Waals surface area (Å²) < 4.78 is 6.37. The number of ether oxygens (including phenoxy) is 1. The fourth-order valence-corrected chi connectivity index (χ4v) is 2.13. The van der Waals surface area contributed by atoms with Gasteiger partial charge in [0.2, 0.25) is 0 Å². The van der Waals surface area contributed by atoms with E-state index in [0.29, 0.717) is 6.04 Å². The Morgan fingerprint density at radius 2 is 2.25 bits per heavy atom. The average Bonchev–Trinajstić information content (AvgIpc) is 2.26. The Morgan fingerprint density at radius 1 is 1.44 bits per heavy atom. The van der Waals surface area contributed by atoms with Crippen LogP contribution in [0, 0.1) is 0 Å². The van der Waals surface area contributed by atoms with Crippen LogP contribution in [0.2, 0.25) is 0 Å². The first kappa shape index (κ1) is 13.7. The topological polar surface area (TPSA) is 21.3 Å². The lowest BCUT2D eigenvalue weighted by Gasteiger charge is -2.17. The maximum absolute atomic E-state index is 5.23. The SMILES string of the molecule is CCCNC(COC)Cc1cccc(Br)c1. The van der Waals surface area contributed by atoms with Crippen LogP contribution in [0.15, 0.2) is 28.7 Å². The predicted molar refractivity (Wildman–Crippen MR) is 71.8 cm³/mol. The number of rotatable bonds is 7. The lowest BCUT2D eigenvalue weighted by atomic mass is 10.1. The molecule has 0 aliphatic heterocycles. The van der Waals surface area contributed by atoms with Crippen molar-refractivity contribution in [3.05, 3.63) is 34.3 Å². The Hall–Kier alpha value is -0.380. The summed E-state index contributed by atoms with van der Waals surface area (Å²) in [6.45, 7) is 3.98. The number of benzene rings is 1. The molecule has 0 fully saturated rings. The maximum atomic E-state index is 5.23. The summed E-state index contributed by atoms with van der Waals surface area (Å²) in [6.07, 6.45) is 2.16. The number of hydrogen-bond acceptors (Lipinski definition) is 2. The number of methoxy groups -OCH3 is 1. The molecule has 16 heavy (non-hydrogen) atoms. The molecular formula is C13H20BrNO. The first-order valence-corrected chi connectivity index (χ1v) is 6.52. The number of hydrogen-bond donors (Lipinski definition) is 1. The minimum atomic E-state index is 0.402. The van der Waals surface area contributed by atoms with Gasteiger partial charge in [-0.05, 0) is 37.1 Å². The minimum absolute atomic E-state index is 0.402. The van der Waals surface area contributed by atoms with E-state index in [9.17, 15) is 0 Å². The van der Waals surface area contributed by atoms with Crippen molar-refractivity contribution in [1.82, 2.24) is 5.32 Å². The Balaban J connectivity index is 2.52. The molecule has 1 N–H and O–H groups in total. The molecule has 0 aliphatic carbocycles. The van der Waals surface area contributed by atoms with E-state index >= 15 is 0 Å². The van der Waals surface area contributed by atoms with Gasteiger partial charge in [0, 0.05) is 17.6 Å². The summed E-state index contributed by atoms with van der Waals surface area (Å²) in [5, 5.41) is 3.50. The molecule has 0 saturated carbocycles. The van der Waals surface area contributed by atoms with Gasteiger partial charge >= 0.3 is 0 Å². The molecule has 1 aromatic rings. The van der Waals surface area contributed by atoms with Gasteiger partial charge in [0.1, 0.15) is 0 Å². The Labute approximate surface area is 107 Å². The van der Waals surface area contributed by atoms with Gasteiger partial charge in [0.25, 0.3) is 0 Å². The van der Waals surface area contributed by atoms with Crippen molar-refractivity contribution >= 4 is 15.9 Å². The molecule has 1 rings (SSSR count). The second-order valence-corrected chi connectivity index (χ2v) is 4.86. The molecule has 90 valence electrons. The van der Waals surface area contributed by atoms with Crippen molar-refractivity contribution in [2.45, 2.75) is 25.8 Å². The minimum Gasteiger partial charge on any atom is -0.383 e. The second-order valence-electron chi connectivity index (χ2n) is 3.94. The fraction of sp³-hybridized carbons (Fsp3) is 0.538. The zero-order valence-electron chi connectivity index (χ0n) is 10.0. The van der Waals surface area contributed by atoms with Crippen LogP contribution in [0.25, 0.3) is 0 Å². The third kappa shape index (κ3) is 5.10. The zero-order chi connectivity index (χ0) is 11.8. The lowest BCUT2D eigenvalue weighted by Crippen LogP contribution is -2.35. The molecule has 1 aromatic carbocycles. The summed E-state index contributed by atoms with van der Waals surface area (Å²) in [7, 11) is 1.75. The molecule has 3 heteroatoms. The first-order valence-electron chi connectivity index (χ1n) is 5.73. The van der Waals surface area contributed by atoms with E-state index in [-0.39, 0.29) is 0 Å². The molecule has 0 aliphatic rings. The highest BCUT2D eigenvalue weighted by molar-refractivity contribution is 9.10. The summed E-state index contributed by atoms with van der Waals surface area (Å²) in [5.74, 6) is 0. The summed E-state index contributed by atoms with van der Waals surface area (Å²) in [6, 6.07) is 8.84. The summed E-state index contributed by atoms with van der Waals surface area (Å²) in [4.78, 5) is 0. The van der Waals surface area contributed by atoms with E-state index < -0.39 is 0 Å². The van der Waals surface area contributed by atoms with Gasteiger partial charge in [-0.1, -0.05) is 35.0 Å². The van der Waals surface area contributed by atoms with Gasteiger partial charge in [0.15, 0.2) is 0 Å². The van der Waals surface area contributed by atoms with Crippen LogP contribution in [0.3, 0.4) is 0 Å². The van der Waals surface area contributed by atoms with Crippen LogP contribution in [0.4, 0.5) is 0 Å². The quantitative estimate of drug-likeness (QED) is 0.832. The van der Waals surface area contributed by atoms with Gasteiger partial charge in [-0.2, -0.15) is 0 Å². The molecule has 0 heterocycles. The van der Waals surface area contributed by atoms with Gasteiger partial charge in [-0.15, -0.1) is 0 Å². The van der Waals surface area contributed by atoms with Crippen molar-refractivity contribution < 1.29 is 4.74 Å². The first-order chi connectivity index (χ1) is 7.76. The third-order valence-corrected chi connectivity index (χ3v) is 2.92. The van der Waals surface area contributed by atoms with E-state index in [1.54, 1.807) is 7.11 Å². The highest BCUT2D eigenvalue weighted by Gasteiger charge is 2.08. The van der Waals surface area contributed by atoms with Crippen molar-refractivity contribution in [1.29, 1.82) is 0 Å². The third-order valence-electron chi connectivity index (χ3n) is 2.42. The van der Waals surface area contributed by atoms with Crippen LogP contribution in [-0.4, -0.2) is 26.3 Å². The Morgan fingerprint density at radius 3 is 2.88 bits per heavy atom. The molecule has 0 amide bonds. The zero-order valence-corrected chi connectivity index (χ0v) is 11.6. The molecule has 0 saturated heterocycles. The van der Waals surface area contributed by atoms with Crippen molar-refractivity contribution in [2.24, 2.45) is 0 Å². The van der Waals surface area contributed by atoms with E-state index in [2.05, 4.69) is 46.4 Å². The van der Waals surface area contributed by atoms with Gasteiger partial charge < -0.3 is 10.1 Å². The van der Waals surface area contributed by atoms with Crippen LogP contribution in [0.1, 0.15) is 18.9 Å². The molecular weight excluding hydrogens is 266 g/mol. The normalized spacial score (nSPS) is 12.7. The fourth-order valence-electron chi connectivity index (χ4n) is 1.69. The standard InChI is InChI=1S/C13H20BrNO/c1-3-7-15-13(10-16-2)9-11-5-4-6-12(14)8-11/h4-6,8,13,15H,3,7,9-10H2,1-2H3. The molecule has 0 aromatic heterocycles. The van der Waals surface area contributed by atoms with Crippen LogP contribution >= 0.6 is 15.9 Å². The number of nitrogens with one attached hydrogen (secondary N) is 1. The van der Waals surface area contributed by atoms with Gasteiger partial charge in [-0.25, -0.2) is 0 Å². The smallest absolute Gasteiger partial charge is 0.0619 e. The highest BCUT2D eigenvalue weighted by Crippen LogP contribution is 2.13. The second kappa shape index (κ2) is 7.82. The van der Waals surface area contributed by atoms with Crippen LogP contribution in [-0.2, 0) is 11.2 Å². The van der Waals surface area contributed by atoms with Gasteiger partial charge in [0.05, 0.1) is 6.61 Å².